The number of nitrogens with one attached hydrogen (secondary N) is 3. The van der Waals surface area contributed by atoms with E-state index >= 15 is 0 Å². The Balaban J connectivity index is 3.11. The molecule has 0 radical (unpaired) electrons. The Bertz CT molecular complexity index is 1850. The van der Waals surface area contributed by atoms with Crippen molar-refractivity contribution in [1.29, 1.82) is 0 Å². The summed E-state index contributed by atoms with van der Waals surface area (Å²) in [7, 11) is 0. The van der Waals surface area contributed by atoms with E-state index in [1.165, 1.54) is 0 Å². The minimum atomic E-state index is -1.29. The Morgan fingerprint density at radius 1 is 0.403 bits per heavy atom. The first kappa shape index (κ1) is 70.0. The minimum Gasteiger partial charge on any atom is -0.480 e. The molecule has 24 nitrogen and oxygen atoms in total. The van der Waals surface area contributed by atoms with E-state index < -0.39 is 93.6 Å². The van der Waals surface area contributed by atoms with Gasteiger partial charge in [-0.05, 0) is 117 Å². The Morgan fingerprint density at radius 2 is 0.714 bits per heavy atom. The van der Waals surface area contributed by atoms with Crippen molar-refractivity contribution in [3.05, 3.63) is 0 Å². The highest BCUT2D eigenvalue weighted by molar-refractivity contribution is 5.89. The summed E-state index contributed by atoms with van der Waals surface area (Å²) in [5.41, 5.74) is -3.70. The smallest absolute Gasteiger partial charge is 0.326 e. The normalized spacial score (nSPS) is 16.1. The van der Waals surface area contributed by atoms with Gasteiger partial charge in [-0.25, -0.2) is 4.79 Å². The molecule has 1 heterocycles. The number of carbonyl (C=O) groups is 9. The predicted octanol–water partition coefficient (Wildman–Crippen LogP) is 2.07. The van der Waals surface area contributed by atoms with E-state index in [0.717, 1.165) is 0 Å². The van der Waals surface area contributed by atoms with Crippen molar-refractivity contribution in [3.63, 3.8) is 0 Å². The number of hydrogen-bond donors (Lipinski definition) is 4. The van der Waals surface area contributed by atoms with E-state index in [-0.39, 0.29) is 104 Å². The summed E-state index contributed by atoms with van der Waals surface area (Å²) in [4.78, 5) is 123. The highest BCUT2D eigenvalue weighted by Crippen LogP contribution is 2.14. The molecule has 0 spiro atoms. The second-order valence-corrected chi connectivity index (χ2v) is 24.0. The summed E-state index contributed by atoms with van der Waals surface area (Å²) in [6, 6.07) is -2.44. The van der Waals surface area contributed by atoms with E-state index in [9.17, 15) is 48.3 Å². The fourth-order valence-corrected chi connectivity index (χ4v) is 7.28. The maximum atomic E-state index is 14.0. The number of carboxylic acid groups (broad SMARTS) is 1. The summed E-state index contributed by atoms with van der Waals surface area (Å²) in [5, 5.41) is 17.4. The van der Waals surface area contributed by atoms with Crippen molar-refractivity contribution < 1.29 is 81.4 Å². The van der Waals surface area contributed by atoms with Gasteiger partial charge in [-0.3, -0.25) is 58.0 Å². The number of carbonyl (C=O) groups excluding carboxylic acids is 8. The summed E-state index contributed by atoms with van der Waals surface area (Å²) in [5.74, 6) is -5.42. The van der Waals surface area contributed by atoms with E-state index in [4.69, 9.17) is 33.2 Å². The van der Waals surface area contributed by atoms with Crippen molar-refractivity contribution in [2.75, 3.05) is 112 Å². The zero-order valence-corrected chi connectivity index (χ0v) is 49.0. The molecule has 0 aliphatic carbocycles. The predicted molar refractivity (Wildman–Crippen MR) is 284 cm³/mol. The van der Waals surface area contributed by atoms with Gasteiger partial charge in [-0.2, -0.15) is 0 Å². The van der Waals surface area contributed by atoms with Crippen LogP contribution < -0.4 is 16.0 Å². The van der Waals surface area contributed by atoms with Gasteiger partial charge in [-0.15, -0.1) is 0 Å². The number of nitrogens with zero attached hydrogens (tertiary/aromatic N) is 4. The van der Waals surface area contributed by atoms with Gasteiger partial charge in [0.25, 0.3) is 0 Å². The molecule has 0 saturated carbocycles. The van der Waals surface area contributed by atoms with Gasteiger partial charge in [0.1, 0.15) is 40.1 Å². The molecule has 0 aromatic heterocycles. The van der Waals surface area contributed by atoms with Crippen molar-refractivity contribution in [2.24, 2.45) is 0 Å². The molecule has 1 saturated heterocycles. The molecule has 0 bridgehead atoms. The fraction of sp³-hybridized carbons (Fsp3) is 0.830. The molecule has 4 N–H and O–H groups in total. The zero-order chi connectivity index (χ0) is 58.8. The Labute approximate surface area is 456 Å². The number of esters is 5. The van der Waals surface area contributed by atoms with E-state index in [0.29, 0.717) is 39.3 Å². The molecule has 0 unspecified atom stereocenters. The van der Waals surface area contributed by atoms with Crippen LogP contribution in [0.3, 0.4) is 0 Å². The van der Waals surface area contributed by atoms with E-state index in [1.54, 1.807) is 104 Å². The van der Waals surface area contributed by atoms with E-state index in [1.807, 2.05) is 19.6 Å². The number of aliphatic carboxylic acids is 1. The maximum absolute atomic E-state index is 14.0. The zero-order valence-electron chi connectivity index (χ0n) is 49.0. The lowest BCUT2D eigenvalue weighted by molar-refractivity contribution is -0.158. The highest BCUT2D eigenvalue weighted by atomic mass is 16.6. The molecule has 1 aliphatic rings. The van der Waals surface area contributed by atoms with Crippen LogP contribution in [0, 0.1) is 0 Å². The van der Waals surface area contributed by atoms with Crippen LogP contribution in [0.25, 0.3) is 0 Å². The summed E-state index contributed by atoms with van der Waals surface area (Å²) < 4.78 is 38.7. The standard InChI is InChI=1S/C53H95N7O17/c1-49(2,3)73-42(63)18-16-38(47(68)54-21-31-72-33-32-71-30-20-40(61)56-39(48(69)70)17-19-43(64)74-50(4,5)6)55-41(62)34-57-22-24-58(35-44(65)75-51(7,8)9)26-28-60(37-46(67)77-53(13,14)15)29-27-59(25-23-57)36-45(66)76-52(10,11)12/h38-39H,16-37H2,1-15H3,(H,54,68)(H,55,62)(H,56,61)(H,69,70)/t38-,39-/m0/s1. The molecule has 2 atom stereocenters. The minimum absolute atomic E-state index is 0.0270. The third-order valence-corrected chi connectivity index (χ3v) is 10.4. The SMILES string of the molecule is CC(C)(C)OC(=O)CC[C@H](NC(=O)CCOCCOCCNC(=O)[C@H](CCC(=O)OC(C)(C)C)NC(=O)CN1CCN(CC(=O)OC(C)(C)C)CCN(CC(=O)OC(C)(C)C)CCN(CC(=O)OC(C)(C)C)CC1)C(=O)O. The van der Waals surface area contributed by atoms with E-state index in [2.05, 4.69) is 16.0 Å². The lowest BCUT2D eigenvalue weighted by atomic mass is 10.1. The molecule has 0 aromatic carbocycles. The highest BCUT2D eigenvalue weighted by Gasteiger charge is 2.29. The van der Waals surface area contributed by atoms with Gasteiger partial charge in [0.15, 0.2) is 0 Å². The third kappa shape index (κ3) is 38.2. The molecule has 1 aliphatic heterocycles. The van der Waals surface area contributed by atoms with Gasteiger partial charge < -0.3 is 54.2 Å². The van der Waals surface area contributed by atoms with Crippen LogP contribution in [0.5, 0.6) is 0 Å². The van der Waals surface area contributed by atoms with Gasteiger partial charge in [0.05, 0.1) is 52.6 Å². The topological polar surface area (TPSA) is 288 Å². The van der Waals surface area contributed by atoms with Crippen molar-refractivity contribution in [3.8, 4) is 0 Å². The lowest BCUT2D eigenvalue weighted by Crippen LogP contribution is -2.52. The third-order valence-electron chi connectivity index (χ3n) is 10.4. The molecular formula is C53H95N7O17. The summed E-state index contributed by atoms with van der Waals surface area (Å²) >= 11 is 0. The first-order valence-electron chi connectivity index (χ1n) is 26.6. The second kappa shape index (κ2) is 33.4. The Hall–Kier alpha value is -5.01. The number of ether oxygens (including phenoxy) is 7. The first-order chi connectivity index (χ1) is 35.4. The molecule has 1 rings (SSSR count). The quantitative estimate of drug-likeness (QED) is 0.0520. The molecule has 444 valence electrons. The molecule has 77 heavy (non-hydrogen) atoms. The first-order valence-corrected chi connectivity index (χ1v) is 26.6. The van der Waals surface area contributed by atoms with Crippen LogP contribution in [0.1, 0.15) is 136 Å². The molecule has 24 heteroatoms. The number of hydrogen-bond acceptors (Lipinski definition) is 20. The Kier molecular flexibility index (Phi) is 30.4. The van der Waals surface area contributed by atoms with Crippen molar-refractivity contribution in [2.45, 2.75) is 176 Å². The number of carboxylic acids is 1. The van der Waals surface area contributed by atoms with Crippen LogP contribution in [0.15, 0.2) is 0 Å². The number of amides is 3. The fourth-order valence-electron chi connectivity index (χ4n) is 7.28. The maximum Gasteiger partial charge on any atom is 0.326 e. The van der Waals surface area contributed by atoms with Crippen LogP contribution in [-0.4, -0.2) is 230 Å². The van der Waals surface area contributed by atoms with Gasteiger partial charge in [0.2, 0.25) is 17.7 Å². The van der Waals surface area contributed by atoms with Gasteiger partial charge in [0, 0.05) is 78.2 Å². The second-order valence-electron chi connectivity index (χ2n) is 24.0. The monoisotopic (exact) mass is 1100 g/mol. The molecular weight excluding hydrogens is 1010 g/mol. The van der Waals surface area contributed by atoms with Gasteiger partial charge in [-0.1, -0.05) is 0 Å². The van der Waals surface area contributed by atoms with Crippen LogP contribution in [0.4, 0.5) is 0 Å². The number of rotatable bonds is 27. The van der Waals surface area contributed by atoms with Crippen LogP contribution in [-0.2, 0) is 76.3 Å². The molecule has 0 aromatic rings. The lowest BCUT2D eigenvalue weighted by Gasteiger charge is -2.34. The molecule has 3 amide bonds. The van der Waals surface area contributed by atoms with Gasteiger partial charge >= 0.3 is 35.8 Å². The average Bonchev–Trinajstić information content (AvgIpc) is 3.23. The Morgan fingerprint density at radius 3 is 1.06 bits per heavy atom. The summed E-state index contributed by atoms with van der Waals surface area (Å²) in [6.07, 6.45) is -0.740. The van der Waals surface area contributed by atoms with Crippen molar-refractivity contribution >= 4 is 53.5 Å². The average molecular weight is 1100 g/mol. The largest absolute Gasteiger partial charge is 0.480 e. The van der Waals surface area contributed by atoms with Crippen molar-refractivity contribution in [1.82, 2.24) is 35.6 Å². The summed E-state index contributed by atoms with van der Waals surface area (Å²) in [6.45, 7) is 28.6. The molecule has 1 fully saturated rings. The van der Waals surface area contributed by atoms with Crippen LogP contribution in [0.2, 0.25) is 0 Å². The van der Waals surface area contributed by atoms with Crippen LogP contribution >= 0.6 is 0 Å².